The number of nitrogens with one attached hydrogen (secondary N) is 1. The molecule has 0 saturated carbocycles. The van der Waals surface area contributed by atoms with Crippen LogP contribution in [0.25, 0.3) is 0 Å². The third-order valence-corrected chi connectivity index (χ3v) is 3.61. The maximum atomic E-state index is 12.3. The highest BCUT2D eigenvalue weighted by Crippen LogP contribution is 2.22. The van der Waals surface area contributed by atoms with Crippen molar-refractivity contribution in [3.05, 3.63) is 52.6 Å². The van der Waals surface area contributed by atoms with E-state index in [2.05, 4.69) is 15.3 Å². The highest BCUT2D eigenvalue weighted by molar-refractivity contribution is 5.95. The minimum atomic E-state index is -0.180. The molecular formula is C18H23N3O2. The van der Waals surface area contributed by atoms with E-state index in [-0.39, 0.29) is 11.9 Å². The number of rotatable bonds is 5. The molecule has 0 radical (unpaired) electrons. The van der Waals surface area contributed by atoms with Gasteiger partial charge in [-0.25, -0.2) is 9.97 Å². The number of aromatic nitrogens is 2. The highest BCUT2D eigenvalue weighted by Gasteiger charge is 2.14. The van der Waals surface area contributed by atoms with E-state index in [1.54, 1.807) is 20.0 Å². The smallest absolute Gasteiger partial charge is 0.255 e. The molecule has 1 aromatic heterocycles. The average Bonchev–Trinajstić information content (AvgIpc) is 2.46. The summed E-state index contributed by atoms with van der Waals surface area (Å²) in [5.74, 6) is 1.36. The fourth-order valence-corrected chi connectivity index (χ4v) is 2.38. The molecule has 5 heteroatoms. The normalized spacial score (nSPS) is 11.9. The number of hydrogen-bond acceptors (Lipinski definition) is 4. The van der Waals surface area contributed by atoms with Gasteiger partial charge in [-0.1, -0.05) is 18.2 Å². The molecule has 1 aromatic carbocycles. The first-order valence-electron chi connectivity index (χ1n) is 7.68. The average molecular weight is 313 g/mol. The van der Waals surface area contributed by atoms with Gasteiger partial charge in [0.15, 0.2) is 0 Å². The number of para-hydroxylation sites is 1. The van der Waals surface area contributed by atoms with E-state index >= 15 is 0 Å². The number of carbonyl (C=O) groups excluding carboxylic acids is 1. The number of hydrogen-bond donors (Lipinski definition) is 1. The van der Waals surface area contributed by atoms with Gasteiger partial charge in [0, 0.05) is 6.20 Å². The molecule has 5 nitrogen and oxygen atoms in total. The van der Waals surface area contributed by atoms with Gasteiger partial charge in [0.1, 0.15) is 18.2 Å². The second kappa shape index (κ2) is 7.22. The van der Waals surface area contributed by atoms with E-state index in [0.29, 0.717) is 23.7 Å². The van der Waals surface area contributed by atoms with Crippen LogP contribution < -0.4 is 10.1 Å². The first-order chi connectivity index (χ1) is 10.9. The van der Waals surface area contributed by atoms with Gasteiger partial charge in [0.05, 0.1) is 17.3 Å². The summed E-state index contributed by atoms with van der Waals surface area (Å²) in [5, 5.41) is 2.92. The molecule has 1 atom stereocenters. The van der Waals surface area contributed by atoms with Crippen molar-refractivity contribution in [3.8, 4) is 5.75 Å². The van der Waals surface area contributed by atoms with Crippen molar-refractivity contribution < 1.29 is 9.53 Å². The number of aryl methyl sites for hydroxylation is 4. The quantitative estimate of drug-likeness (QED) is 0.922. The Morgan fingerprint density at radius 1 is 1.22 bits per heavy atom. The van der Waals surface area contributed by atoms with Gasteiger partial charge < -0.3 is 10.1 Å². The SMILES string of the molecule is Cc1ncc(C(=O)N[C@H](C)COc2c(C)cccc2C)c(C)n1. The summed E-state index contributed by atoms with van der Waals surface area (Å²) in [4.78, 5) is 20.6. The summed E-state index contributed by atoms with van der Waals surface area (Å²) in [6.45, 7) is 9.95. The Morgan fingerprint density at radius 3 is 2.48 bits per heavy atom. The van der Waals surface area contributed by atoms with E-state index in [1.165, 1.54) is 0 Å². The highest BCUT2D eigenvalue weighted by atomic mass is 16.5. The van der Waals surface area contributed by atoms with Crippen LogP contribution in [0, 0.1) is 27.7 Å². The first-order valence-corrected chi connectivity index (χ1v) is 7.68. The molecule has 1 amide bonds. The van der Waals surface area contributed by atoms with Crippen LogP contribution in [0.1, 0.15) is 39.9 Å². The van der Waals surface area contributed by atoms with Crippen molar-refractivity contribution in [1.82, 2.24) is 15.3 Å². The Labute approximate surface area is 137 Å². The number of nitrogens with zero attached hydrogens (tertiary/aromatic N) is 2. The van der Waals surface area contributed by atoms with Crippen LogP contribution in [0.4, 0.5) is 0 Å². The first kappa shape index (κ1) is 16.9. The third-order valence-electron chi connectivity index (χ3n) is 3.61. The fourth-order valence-electron chi connectivity index (χ4n) is 2.38. The molecule has 23 heavy (non-hydrogen) atoms. The molecule has 0 spiro atoms. The lowest BCUT2D eigenvalue weighted by molar-refractivity contribution is 0.0925. The molecular weight excluding hydrogens is 290 g/mol. The Balaban J connectivity index is 1.97. The van der Waals surface area contributed by atoms with Gasteiger partial charge in [0.25, 0.3) is 5.91 Å². The van der Waals surface area contributed by atoms with Gasteiger partial charge in [-0.2, -0.15) is 0 Å². The summed E-state index contributed by atoms with van der Waals surface area (Å²) < 4.78 is 5.87. The summed E-state index contributed by atoms with van der Waals surface area (Å²) in [6.07, 6.45) is 1.56. The van der Waals surface area contributed by atoms with E-state index in [9.17, 15) is 4.79 Å². The zero-order valence-corrected chi connectivity index (χ0v) is 14.3. The molecule has 0 bridgehead atoms. The molecule has 2 rings (SSSR count). The summed E-state index contributed by atoms with van der Waals surface area (Å²) in [5.41, 5.74) is 3.35. The summed E-state index contributed by atoms with van der Waals surface area (Å²) >= 11 is 0. The second-order valence-corrected chi connectivity index (χ2v) is 5.82. The third kappa shape index (κ3) is 4.28. The second-order valence-electron chi connectivity index (χ2n) is 5.82. The number of carbonyl (C=O) groups is 1. The van der Waals surface area contributed by atoms with Crippen molar-refractivity contribution in [2.45, 2.75) is 40.7 Å². The van der Waals surface area contributed by atoms with Crippen LogP contribution in [0.5, 0.6) is 5.75 Å². The van der Waals surface area contributed by atoms with Crippen molar-refractivity contribution in [1.29, 1.82) is 0 Å². The van der Waals surface area contributed by atoms with E-state index < -0.39 is 0 Å². The molecule has 0 aliphatic carbocycles. The molecule has 1 N–H and O–H groups in total. The number of benzene rings is 1. The molecule has 0 aliphatic heterocycles. The van der Waals surface area contributed by atoms with Crippen LogP contribution in [-0.4, -0.2) is 28.5 Å². The molecule has 0 unspecified atom stereocenters. The monoisotopic (exact) mass is 313 g/mol. The zero-order valence-electron chi connectivity index (χ0n) is 14.3. The lowest BCUT2D eigenvalue weighted by atomic mass is 10.1. The van der Waals surface area contributed by atoms with Gasteiger partial charge in [0.2, 0.25) is 0 Å². The number of amides is 1. The molecule has 0 aliphatic rings. The topological polar surface area (TPSA) is 64.1 Å². The number of ether oxygens (including phenoxy) is 1. The van der Waals surface area contributed by atoms with Gasteiger partial charge >= 0.3 is 0 Å². The minimum Gasteiger partial charge on any atom is -0.491 e. The molecule has 1 heterocycles. The molecule has 2 aromatic rings. The van der Waals surface area contributed by atoms with E-state index in [0.717, 1.165) is 16.9 Å². The van der Waals surface area contributed by atoms with Crippen LogP contribution in [0.2, 0.25) is 0 Å². The van der Waals surface area contributed by atoms with Crippen LogP contribution in [0.3, 0.4) is 0 Å². The standard InChI is InChI=1S/C18H23N3O2/c1-11-7-6-8-12(2)17(11)23-10-13(3)20-18(22)16-9-19-15(5)21-14(16)4/h6-9,13H,10H2,1-5H3,(H,20,22)/t13-/m1/s1. The largest absolute Gasteiger partial charge is 0.491 e. The van der Waals surface area contributed by atoms with E-state index in [1.807, 2.05) is 39.0 Å². The Hall–Kier alpha value is -2.43. The van der Waals surface area contributed by atoms with Crippen LogP contribution in [-0.2, 0) is 0 Å². The molecule has 0 fully saturated rings. The summed E-state index contributed by atoms with van der Waals surface area (Å²) in [7, 11) is 0. The van der Waals surface area contributed by atoms with Crippen molar-refractivity contribution in [3.63, 3.8) is 0 Å². The van der Waals surface area contributed by atoms with Crippen molar-refractivity contribution >= 4 is 5.91 Å². The van der Waals surface area contributed by atoms with Gasteiger partial charge in [-0.3, -0.25) is 4.79 Å². The lowest BCUT2D eigenvalue weighted by Crippen LogP contribution is -2.37. The Kier molecular flexibility index (Phi) is 5.32. The maximum Gasteiger partial charge on any atom is 0.255 e. The van der Waals surface area contributed by atoms with Gasteiger partial charge in [-0.05, 0) is 45.7 Å². The minimum absolute atomic E-state index is 0.123. The predicted octanol–water partition coefficient (Wildman–Crippen LogP) is 2.91. The van der Waals surface area contributed by atoms with E-state index in [4.69, 9.17) is 4.74 Å². The Morgan fingerprint density at radius 2 is 1.87 bits per heavy atom. The van der Waals surface area contributed by atoms with Crippen LogP contribution >= 0.6 is 0 Å². The fraction of sp³-hybridized carbons (Fsp3) is 0.389. The summed E-state index contributed by atoms with van der Waals surface area (Å²) in [6, 6.07) is 5.90. The van der Waals surface area contributed by atoms with Crippen molar-refractivity contribution in [2.75, 3.05) is 6.61 Å². The lowest BCUT2D eigenvalue weighted by Gasteiger charge is -2.17. The van der Waals surface area contributed by atoms with Crippen molar-refractivity contribution in [2.24, 2.45) is 0 Å². The molecule has 122 valence electrons. The Bertz CT molecular complexity index is 693. The van der Waals surface area contributed by atoms with Gasteiger partial charge in [-0.15, -0.1) is 0 Å². The van der Waals surface area contributed by atoms with Crippen LogP contribution in [0.15, 0.2) is 24.4 Å². The predicted molar refractivity (Wildman–Crippen MR) is 89.8 cm³/mol. The zero-order chi connectivity index (χ0) is 17.0. The molecule has 0 saturated heterocycles. The maximum absolute atomic E-state index is 12.3.